The molecule has 0 saturated carbocycles. The maximum Gasteiger partial charge on any atom is 0.144 e. The first-order chi connectivity index (χ1) is 6.77. The van der Waals surface area contributed by atoms with Crippen LogP contribution >= 0.6 is 0 Å². The number of nitrogens with one attached hydrogen (secondary N) is 1. The van der Waals surface area contributed by atoms with Gasteiger partial charge in [0.05, 0.1) is 11.6 Å². The molecule has 0 aromatic carbocycles. The summed E-state index contributed by atoms with van der Waals surface area (Å²) < 4.78 is 0. The molecule has 1 atom stereocenters. The minimum absolute atomic E-state index is 0.0383. The molecule has 14 heavy (non-hydrogen) atoms. The minimum Gasteiger partial charge on any atom is -0.315 e. The first kappa shape index (κ1) is 9.34. The second kappa shape index (κ2) is 3.88. The molecule has 0 bridgehead atoms. The lowest BCUT2D eigenvalue weighted by molar-refractivity contribution is -0.121. The lowest BCUT2D eigenvalue weighted by Crippen LogP contribution is -2.35. The van der Waals surface area contributed by atoms with Crippen LogP contribution in [0.4, 0.5) is 0 Å². The Morgan fingerprint density at radius 1 is 1.50 bits per heavy atom. The molecular weight excluding hydrogens is 176 g/mol. The molecule has 2 heterocycles. The Bertz CT molecular complexity index is 349. The average molecular weight is 190 g/mol. The fraction of sp³-hybridized carbons (Fsp3) is 0.455. The van der Waals surface area contributed by atoms with Gasteiger partial charge in [0.25, 0.3) is 0 Å². The summed E-state index contributed by atoms with van der Waals surface area (Å²) >= 11 is 0. The van der Waals surface area contributed by atoms with Crippen LogP contribution in [0, 0.1) is 6.92 Å². The van der Waals surface area contributed by atoms with Crippen LogP contribution in [0.5, 0.6) is 0 Å². The highest BCUT2D eigenvalue weighted by molar-refractivity contribution is 5.86. The van der Waals surface area contributed by atoms with Gasteiger partial charge in [-0.15, -0.1) is 0 Å². The number of Topliss-reactive ketones (excluding diaryl/α,β-unsaturated/α-hetero) is 1. The third-order valence-corrected chi connectivity index (χ3v) is 2.55. The van der Waals surface area contributed by atoms with Crippen molar-refractivity contribution in [1.82, 2.24) is 10.3 Å². The maximum absolute atomic E-state index is 11.6. The number of nitrogens with zero attached hydrogens (tertiary/aromatic N) is 1. The smallest absolute Gasteiger partial charge is 0.144 e. The zero-order chi connectivity index (χ0) is 9.97. The lowest BCUT2D eigenvalue weighted by Gasteiger charge is -2.21. The highest BCUT2D eigenvalue weighted by Crippen LogP contribution is 2.18. The summed E-state index contributed by atoms with van der Waals surface area (Å²) in [6, 6.07) is 5.84. The quantitative estimate of drug-likeness (QED) is 0.719. The highest BCUT2D eigenvalue weighted by atomic mass is 16.1. The number of carbonyl (C=O) groups excluding carboxylic acids is 1. The van der Waals surface area contributed by atoms with Crippen LogP contribution in [0.1, 0.15) is 23.7 Å². The van der Waals surface area contributed by atoms with Crippen molar-refractivity contribution in [3.05, 3.63) is 29.6 Å². The van der Waals surface area contributed by atoms with Crippen LogP contribution in [0.25, 0.3) is 0 Å². The number of aryl methyl sites for hydroxylation is 1. The van der Waals surface area contributed by atoms with E-state index in [1.54, 1.807) is 0 Å². The molecule has 1 N–H and O–H groups in total. The van der Waals surface area contributed by atoms with Crippen molar-refractivity contribution in [2.24, 2.45) is 0 Å². The van der Waals surface area contributed by atoms with Gasteiger partial charge in [0.1, 0.15) is 5.78 Å². The Labute approximate surface area is 83.5 Å². The Hall–Kier alpha value is -1.22. The molecule has 0 spiro atoms. The maximum atomic E-state index is 11.6. The van der Waals surface area contributed by atoms with Gasteiger partial charge < -0.3 is 5.32 Å². The van der Waals surface area contributed by atoms with Gasteiger partial charge in [-0.2, -0.15) is 0 Å². The topological polar surface area (TPSA) is 42.0 Å². The zero-order valence-electron chi connectivity index (χ0n) is 8.29. The van der Waals surface area contributed by atoms with E-state index in [0.29, 0.717) is 12.2 Å². The van der Waals surface area contributed by atoms with Crippen molar-refractivity contribution >= 4 is 5.78 Å². The van der Waals surface area contributed by atoms with Crippen LogP contribution in [0.3, 0.4) is 0 Å². The van der Waals surface area contributed by atoms with E-state index in [9.17, 15) is 4.79 Å². The summed E-state index contributed by atoms with van der Waals surface area (Å²) in [6.07, 6.45) is 0.625. The molecule has 3 heteroatoms. The fourth-order valence-corrected chi connectivity index (χ4v) is 1.77. The molecule has 0 amide bonds. The van der Waals surface area contributed by atoms with Crippen molar-refractivity contribution in [3.63, 3.8) is 0 Å². The van der Waals surface area contributed by atoms with Crippen molar-refractivity contribution in [2.75, 3.05) is 13.1 Å². The number of hydrogen-bond donors (Lipinski definition) is 1. The lowest BCUT2D eigenvalue weighted by atomic mass is 9.94. The number of rotatable bonds is 1. The minimum atomic E-state index is -0.0383. The predicted molar refractivity (Wildman–Crippen MR) is 54.2 cm³/mol. The van der Waals surface area contributed by atoms with Gasteiger partial charge in [0.2, 0.25) is 0 Å². The molecule has 1 aromatic rings. The molecule has 3 nitrogen and oxygen atoms in total. The van der Waals surface area contributed by atoms with Gasteiger partial charge in [-0.3, -0.25) is 9.78 Å². The Morgan fingerprint density at radius 2 is 2.36 bits per heavy atom. The van der Waals surface area contributed by atoms with E-state index in [1.165, 1.54) is 0 Å². The molecule has 74 valence electrons. The Morgan fingerprint density at radius 3 is 3.07 bits per heavy atom. The fourth-order valence-electron chi connectivity index (χ4n) is 1.77. The number of carbonyl (C=O) groups is 1. The van der Waals surface area contributed by atoms with Crippen molar-refractivity contribution in [3.8, 4) is 0 Å². The van der Waals surface area contributed by atoms with Gasteiger partial charge >= 0.3 is 0 Å². The van der Waals surface area contributed by atoms with Crippen LogP contribution in [0.15, 0.2) is 18.2 Å². The first-order valence-electron chi connectivity index (χ1n) is 4.94. The Kier molecular flexibility index (Phi) is 2.59. The summed E-state index contributed by atoms with van der Waals surface area (Å²) in [4.78, 5) is 16.0. The molecule has 1 unspecified atom stereocenters. The van der Waals surface area contributed by atoms with Crippen molar-refractivity contribution in [2.45, 2.75) is 19.3 Å². The Balaban J connectivity index is 2.24. The normalized spacial score (nSPS) is 22.4. The number of aromatic nitrogens is 1. The predicted octanol–water partition coefficient (Wildman–Crippen LogP) is 1.04. The van der Waals surface area contributed by atoms with E-state index in [1.807, 2.05) is 25.1 Å². The first-order valence-corrected chi connectivity index (χ1v) is 4.94. The van der Waals surface area contributed by atoms with E-state index in [4.69, 9.17) is 0 Å². The summed E-state index contributed by atoms with van der Waals surface area (Å²) in [5.74, 6) is 0.269. The van der Waals surface area contributed by atoms with E-state index < -0.39 is 0 Å². The molecule has 1 saturated heterocycles. The number of piperidine rings is 1. The molecule has 1 aliphatic heterocycles. The molecule has 2 rings (SSSR count). The SMILES string of the molecule is Cc1cccc(C2CNCCC2=O)n1. The zero-order valence-corrected chi connectivity index (χ0v) is 8.29. The summed E-state index contributed by atoms with van der Waals surface area (Å²) in [6.45, 7) is 3.49. The van der Waals surface area contributed by atoms with Crippen LogP contribution in [-0.2, 0) is 4.79 Å². The molecule has 0 aliphatic carbocycles. The van der Waals surface area contributed by atoms with Gasteiger partial charge in [-0.05, 0) is 19.1 Å². The third kappa shape index (κ3) is 1.82. The van der Waals surface area contributed by atoms with Crippen LogP contribution in [-0.4, -0.2) is 23.9 Å². The van der Waals surface area contributed by atoms with E-state index in [2.05, 4.69) is 10.3 Å². The number of pyridine rings is 1. The standard InChI is InChI=1S/C11H14N2O/c1-8-3-2-4-10(13-8)9-7-12-6-5-11(9)14/h2-4,9,12H,5-7H2,1H3. The van der Waals surface area contributed by atoms with Crippen LogP contribution in [0.2, 0.25) is 0 Å². The molecule has 0 radical (unpaired) electrons. The molecule has 1 aromatic heterocycles. The number of ketones is 1. The van der Waals surface area contributed by atoms with Gasteiger partial charge in [0, 0.05) is 25.2 Å². The molecule has 1 aliphatic rings. The monoisotopic (exact) mass is 190 g/mol. The van der Waals surface area contributed by atoms with Crippen molar-refractivity contribution < 1.29 is 4.79 Å². The van der Waals surface area contributed by atoms with Gasteiger partial charge in [0.15, 0.2) is 0 Å². The largest absolute Gasteiger partial charge is 0.315 e. The molecular formula is C11H14N2O. The van der Waals surface area contributed by atoms with E-state index >= 15 is 0 Å². The highest BCUT2D eigenvalue weighted by Gasteiger charge is 2.24. The van der Waals surface area contributed by atoms with Gasteiger partial charge in [-0.25, -0.2) is 0 Å². The summed E-state index contributed by atoms with van der Waals surface area (Å²) in [5.41, 5.74) is 1.88. The second-order valence-corrected chi connectivity index (χ2v) is 3.68. The van der Waals surface area contributed by atoms with Crippen LogP contribution < -0.4 is 5.32 Å². The van der Waals surface area contributed by atoms with E-state index in [0.717, 1.165) is 24.5 Å². The van der Waals surface area contributed by atoms with Gasteiger partial charge in [-0.1, -0.05) is 6.07 Å². The average Bonchev–Trinajstić information content (AvgIpc) is 2.18. The third-order valence-electron chi connectivity index (χ3n) is 2.55. The number of hydrogen-bond acceptors (Lipinski definition) is 3. The summed E-state index contributed by atoms with van der Waals surface area (Å²) in [5, 5.41) is 3.22. The molecule has 1 fully saturated rings. The second-order valence-electron chi connectivity index (χ2n) is 3.68. The van der Waals surface area contributed by atoms with Crippen molar-refractivity contribution in [1.29, 1.82) is 0 Å². The summed E-state index contributed by atoms with van der Waals surface area (Å²) in [7, 11) is 0. The van der Waals surface area contributed by atoms with E-state index in [-0.39, 0.29) is 5.92 Å².